The second kappa shape index (κ2) is 6.44. The Bertz CT molecular complexity index is 632. The van der Waals surface area contributed by atoms with E-state index in [1.807, 2.05) is 22.1 Å². The molecule has 1 unspecified atom stereocenters. The van der Waals surface area contributed by atoms with Crippen molar-refractivity contribution >= 4 is 11.8 Å². The Morgan fingerprint density at radius 1 is 1.16 bits per heavy atom. The van der Waals surface area contributed by atoms with Crippen LogP contribution in [0.1, 0.15) is 25.7 Å². The lowest BCUT2D eigenvalue weighted by atomic mass is 9.77. The van der Waals surface area contributed by atoms with Crippen molar-refractivity contribution in [2.24, 2.45) is 5.41 Å². The third kappa shape index (κ3) is 3.17. The molecule has 0 N–H and O–H groups in total. The van der Waals surface area contributed by atoms with Gasteiger partial charge in [-0.3, -0.25) is 19.2 Å². The first kappa shape index (κ1) is 16.6. The number of hydrogen-bond donors (Lipinski definition) is 0. The fraction of sp³-hybridized carbons (Fsp3) is 0.722. The molecular weight excluding hydrogens is 318 g/mol. The van der Waals surface area contributed by atoms with E-state index in [9.17, 15) is 9.59 Å². The summed E-state index contributed by atoms with van der Waals surface area (Å²) in [6, 6.07) is 1.87. The highest BCUT2D eigenvalue weighted by Gasteiger charge is 2.53. The number of likely N-dealkylation sites (N-methyl/N-ethyl adjacent to an activating group) is 1. The minimum atomic E-state index is -0.000531. The summed E-state index contributed by atoms with van der Waals surface area (Å²) in [4.78, 5) is 31.3. The fourth-order valence-corrected chi connectivity index (χ4v) is 4.66. The molecule has 0 saturated carbocycles. The van der Waals surface area contributed by atoms with E-state index < -0.39 is 0 Å². The molecule has 1 spiro atoms. The monoisotopic (exact) mass is 345 g/mol. The Labute approximate surface area is 148 Å². The van der Waals surface area contributed by atoms with Gasteiger partial charge in [0.25, 0.3) is 0 Å². The third-order valence-corrected chi connectivity index (χ3v) is 5.97. The van der Waals surface area contributed by atoms with Crippen LogP contribution in [0, 0.1) is 5.41 Å². The number of likely N-dealkylation sites (tertiary alicyclic amines) is 3. The number of amides is 2. The molecule has 1 atom stereocenters. The van der Waals surface area contributed by atoms with Gasteiger partial charge in [-0.25, -0.2) is 0 Å². The van der Waals surface area contributed by atoms with Crippen molar-refractivity contribution in [2.45, 2.75) is 38.3 Å². The summed E-state index contributed by atoms with van der Waals surface area (Å²) < 4.78 is 1.79. The Balaban J connectivity index is 1.28. The van der Waals surface area contributed by atoms with Gasteiger partial charge in [0.05, 0.1) is 6.04 Å². The normalized spacial score (nSPS) is 25.6. The number of aryl methyl sites for hydroxylation is 1. The number of carbonyl (C=O) groups excluding carboxylic acids is 2. The van der Waals surface area contributed by atoms with Crippen molar-refractivity contribution in [2.75, 3.05) is 39.8 Å². The van der Waals surface area contributed by atoms with Crippen LogP contribution < -0.4 is 0 Å². The first-order valence-electron chi connectivity index (χ1n) is 9.31. The van der Waals surface area contributed by atoms with Crippen molar-refractivity contribution < 1.29 is 9.59 Å². The maximum absolute atomic E-state index is 12.7. The zero-order valence-corrected chi connectivity index (χ0v) is 14.9. The van der Waals surface area contributed by atoms with E-state index in [1.54, 1.807) is 10.9 Å². The predicted octanol–water partition coefficient (Wildman–Crippen LogP) is 0.428. The minimum Gasteiger partial charge on any atom is -0.341 e. The van der Waals surface area contributed by atoms with Gasteiger partial charge in [0.1, 0.15) is 0 Å². The van der Waals surface area contributed by atoms with Crippen molar-refractivity contribution in [3.63, 3.8) is 0 Å². The molecule has 1 aromatic heterocycles. The van der Waals surface area contributed by atoms with Crippen LogP contribution in [0.3, 0.4) is 0 Å². The Hall–Kier alpha value is -1.89. The SMILES string of the molecule is CN1CC2(CC1C(=O)N1CCCC1)CN(C(=O)CCn1cccn1)C2. The number of nitrogens with zero attached hydrogens (tertiary/aromatic N) is 5. The summed E-state index contributed by atoms with van der Waals surface area (Å²) in [5, 5.41) is 4.14. The lowest BCUT2D eigenvalue weighted by Gasteiger charge is -2.48. The number of rotatable bonds is 4. The molecule has 0 bridgehead atoms. The first-order chi connectivity index (χ1) is 12.1. The van der Waals surface area contributed by atoms with E-state index in [0.717, 1.165) is 52.0 Å². The minimum absolute atomic E-state index is 0.000531. The number of aromatic nitrogens is 2. The summed E-state index contributed by atoms with van der Waals surface area (Å²) in [5.74, 6) is 0.485. The topological polar surface area (TPSA) is 61.7 Å². The highest BCUT2D eigenvalue weighted by molar-refractivity contribution is 5.83. The molecule has 7 heteroatoms. The highest BCUT2D eigenvalue weighted by atomic mass is 16.2. The van der Waals surface area contributed by atoms with E-state index in [4.69, 9.17) is 0 Å². The zero-order chi connectivity index (χ0) is 17.4. The summed E-state index contributed by atoms with van der Waals surface area (Å²) in [6.07, 6.45) is 7.25. The van der Waals surface area contributed by atoms with Crippen LogP contribution in [0.25, 0.3) is 0 Å². The van der Waals surface area contributed by atoms with Gasteiger partial charge in [-0.05, 0) is 32.4 Å². The van der Waals surface area contributed by atoms with Gasteiger partial charge < -0.3 is 9.80 Å². The largest absolute Gasteiger partial charge is 0.341 e. The predicted molar refractivity (Wildman–Crippen MR) is 92.7 cm³/mol. The smallest absolute Gasteiger partial charge is 0.239 e. The van der Waals surface area contributed by atoms with Gasteiger partial charge in [-0.2, -0.15) is 5.10 Å². The molecular formula is C18H27N5O2. The molecule has 3 saturated heterocycles. The van der Waals surface area contributed by atoms with Crippen molar-refractivity contribution in [3.05, 3.63) is 18.5 Å². The van der Waals surface area contributed by atoms with E-state index in [-0.39, 0.29) is 17.4 Å². The van der Waals surface area contributed by atoms with Crippen molar-refractivity contribution in [3.8, 4) is 0 Å². The summed E-state index contributed by atoms with van der Waals surface area (Å²) >= 11 is 0. The van der Waals surface area contributed by atoms with Crippen molar-refractivity contribution in [1.29, 1.82) is 0 Å². The number of carbonyl (C=O) groups is 2. The highest BCUT2D eigenvalue weighted by Crippen LogP contribution is 2.42. The Morgan fingerprint density at radius 2 is 1.92 bits per heavy atom. The van der Waals surface area contributed by atoms with Crippen LogP contribution >= 0.6 is 0 Å². The first-order valence-corrected chi connectivity index (χ1v) is 9.31. The summed E-state index contributed by atoms with van der Waals surface area (Å²) in [5.41, 5.74) is 0.121. The summed E-state index contributed by atoms with van der Waals surface area (Å²) in [7, 11) is 2.05. The second-order valence-corrected chi connectivity index (χ2v) is 7.94. The van der Waals surface area contributed by atoms with Crippen LogP contribution in [0.2, 0.25) is 0 Å². The zero-order valence-electron chi connectivity index (χ0n) is 14.9. The molecule has 4 heterocycles. The van der Waals surface area contributed by atoms with E-state index in [0.29, 0.717) is 18.9 Å². The van der Waals surface area contributed by atoms with Crippen LogP contribution in [0.15, 0.2) is 18.5 Å². The van der Waals surface area contributed by atoms with Crippen LogP contribution in [-0.4, -0.2) is 82.1 Å². The summed E-state index contributed by atoms with van der Waals surface area (Å²) in [6.45, 7) is 4.95. The van der Waals surface area contributed by atoms with Gasteiger partial charge in [0, 0.05) is 63.5 Å². The van der Waals surface area contributed by atoms with Crippen LogP contribution in [0.5, 0.6) is 0 Å². The average molecular weight is 345 g/mol. The molecule has 3 aliphatic heterocycles. The maximum atomic E-state index is 12.7. The maximum Gasteiger partial charge on any atom is 0.239 e. The second-order valence-electron chi connectivity index (χ2n) is 7.94. The third-order valence-electron chi connectivity index (χ3n) is 5.97. The Kier molecular flexibility index (Phi) is 4.27. The number of hydrogen-bond acceptors (Lipinski definition) is 4. The molecule has 0 aromatic carbocycles. The van der Waals surface area contributed by atoms with E-state index in [2.05, 4.69) is 17.0 Å². The fourth-order valence-electron chi connectivity index (χ4n) is 4.66. The molecule has 3 aliphatic rings. The van der Waals surface area contributed by atoms with Gasteiger partial charge in [0.15, 0.2) is 0 Å². The van der Waals surface area contributed by atoms with Crippen LogP contribution in [0.4, 0.5) is 0 Å². The van der Waals surface area contributed by atoms with Crippen LogP contribution in [-0.2, 0) is 16.1 Å². The quantitative estimate of drug-likeness (QED) is 0.794. The molecule has 0 aliphatic carbocycles. The molecule has 2 amide bonds. The van der Waals surface area contributed by atoms with E-state index in [1.165, 1.54) is 0 Å². The molecule has 3 fully saturated rings. The molecule has 0 radical (unpaired) electrons. The molecule has 136 valence electrons. The average Bonchev–Trinajstić information content (AvgIpc) is 3.30. The van der Waals surface area contributed by atoms with Gasteiger partial charge in [-0.15, -0.1) is 0 Å². The lowest BCUT2D eigenvalue weighted by Crippen LogP contribution is -2.59. The van der Waals surface area contributed by atoms with Crippen molar-refractivity contribution in [1.82, 2.24) is 24.5 Å². The molecule has 1 aromatic rings. The van der Waals surface area contributed by atoms with E-state index >= 15 is 0 Å². The van der Waals surface area contributed by atoms with Gasteiger partial charge >= 0.3 is 0 Å². The lowest BCUT2D eigenvalue weighted by molar-refractivity contribution is -0.143. The molecule has 4 rings (SSSR count). The molecule has 25 heavy (non-hydrogen) atoms. The Morgan fingerprint density at radius 3 is 2.60 bits per heavy atom. The standard InChI is InChI=1S/C18H27N5O2/c1-20-12-18(11-15(20)17(25)21-7-2-3-8-21)13-22(14-18)16(24)5-10-23-9-4-6-19-23/h4,6,9,15H,2-3,5,7-8,10-14H2,1H3. The molecule has 7 nitrogen and oxygen atoms in total. The van der Waals surface area contributed by atoms with Gasteiger partial charge in [0.2, 0.25) is 11.8 Å². The van der Waals surface area contributed by atoms with Gasteiger partial charge in [-0.1, -0.05) is 0 Å².